The molecule has 0 radical (unpaired) electrons. The molecule has 1 saturated carbocycles. The number of hydrogen-bond donors (Lipinski definition) is 2. The van der Waals surface area contributed by atoms with Crippen molar-refractivity contribution in [1.29, 1.82) is 5.26 Å². The smallest absolute Gasteiger partial charge is 0.251 e. The van der Waals surface area contributed by atoms with E-state index >= 15 is 0 Å². The third kappa shape index (κ3) is 5.67. The minimum absolute atomic E-state index is 0.0842. The van der Waals surface area contributed by atoms with E-state index in [1.807, 2.05) is 32.0 Å². The molecule has 3 rings (SSSR count). The molecule has 1 aromatic carbocycles. The van der Waals surface area contributed by atoms with Crippen molar-refractivity contribution in [3.05, 3.63) is 47.2 Å². The number of carbonyl (C=O) groups excluding carboxylic acids is 1. The Bertz CT molecular complexity index is 879. The molecule has 1 aliphatic carbocycles. The van der Waals surface area contributed by atoms with Crippen LogP contribution in [0.3, 0.4) is 0 Å². The number of nitrogens with one attached hydrogen (secondary N) is 2. The van der Waals surface area contributed by atoms with Gasteiger partial charge < -0.3 is 15.5 Å². The predicted molar refractivity (Wildman–Crippen MR) is 114 cm³/mol. The predicted octanol–water partition coefficient (Wildman–Crippen LogP) is 3.12. The number of anilines is 2. The van der Waals surface area contributed by atoms with Gasteiger partial charge in [0.05, 0.1) is 11.6 Å². The third-order valence-electron chi connectivity index (χ3n) is 5.31. The van der Waals surface area contributed by atoms with Gasteiger partial charge in [0.1, 0.15) is 5.82 Å². The van der Waals surface area contributed by atoms with Crippen LogP contribution in [0.1, 0.15) is 47.3 Å². The molecule has 1 amide bonds. The van der Waals surface area contributed by atoms with E-state index < -0.39 is 0 Å². The quantitative estimate of drug-likeness (QED) is 0.784. The monoisotopic (exact) mass is 392 g/mol. The lowest BCUT2D eigenvalue weighted by Gasteiger charge is -2.29. The summed E-state index contributed by atoms with van der Waals surface area (Å²) in [4.78, 5) is 23.4. The molecular weight excluding hydrogens is 364 g/mol. The first-order chi connectivity index (χ1) is 13.9. The van der Waals surface area contributed by atoms with E-state index in [1.165, 1.54) is 0 Å². The summed E-state index contributed by atoms with van der Waals surface area (Å²) in [6, 6.07) is 11.1. The van der Waals surface area contributed by atoms with Gasteiger partial charge in [-0.25, -0.2) is 4.98 Å². The number of hydrogen-bond acceptors (Lipinski definition) is 6. The fourth-order valence-electron chi connectivity index (χ4n) is 3.57. The van der Waals surface area contributed by atoms with Crippen LogP contribution in [-0.2, 0) is 0 Å². The summed E-state index contributed by atoms with van der Waals surface area (Å²) in [5.74, 6) is 1.98. The highest BCUT2D eigenvalue weighted by atomic mass is 16.1. The summed E-state index contributed by atoms with van der Waals surface area (Å²) in [5, 5.41) is 15.3. The number of aryl methyl sites for hydroxylation is 1. The van der Waals surface area contributed by atoms with Gasteiger partial charge in [-0.1, -0.05) is 0 Å². The van der Waals surface area contributed by atoms with Gasteiger partial charge in [0.15, 0.2) is 0 Å². The van der Waals surface area contributed by atoms with E-state index in [-0.39, 0.29) is 5.91 Å². The highest BCUT2D eigenvalue weighted by molar-refractivity contribution is 5.94. The zero-order chi connectivity index (χ0) is 20.8. The fraction of sp³-hybridized carbons (Fsp3) is 0.455. The average Bonchev–Trinajstić information content (AvgIpc) is 2.72. The van der Waals surface area contributed by atoms with E-state index in [0.29, 0.717) is 35.6 Å². The molecule has 2 N–H and O–H groups in total. The molecule has 152 valence electrons. The molecule has 0 saturated heterocycles. The molecule has 0 atom stereocenters. The molecule has 1 aliphatic rings. The van der Waals surface area contributed by atoms with Gasteiger partial charge in [0, 0.05) is 44.0 Å². The Hall–Kier alpha value is -3.14. The molecule has 2 aromatic rings. The summed E-state index contributed by atoms with van der Waals surface area (Å²) in [7, 11) is 3.95. The molecule has 29 heavy (non-hydrogen) atoms. The fourth-order valence-corrected chi connectivity index (χ4v) is 3.57. The molecule has 1 fully saturated rings. The highest BCUT2D eigenvalue weighted by Crippen LogP contribution is 2.26. The van der Waals surface area contributed by atoms with E-state index in [2.05, 4.69) is 26.7 Å². The molecule has 0 spiro atoms. The second-order valence-corrected chi connectivity index (χ2v) is 7.85. The SMILES string of the molecule is Cc1cc(N(C)C)nc(N[C@H]2CC[C@@H](CNC(=O)c3ccc(C#N)cc3)CC2)n1. The number of nitriles is 1. The van der Waals surface area contributed by atoms with Crippen LogP contribution in [0, 0.1) is 24.2 Å². The van der Waals surface area contributed by atoms with Gasteiger partial charge in [-0.3, -0.25) is 4.79 Å². The second kappa shape index (κ2) is 9.37. The van der Waals surface area contributed by atoms with Gasteiger partial charge in [0.25, 0.3) is 5.91 Å². The molecule has 7 heteroatoms. The minimum atomic E-state index is -0.0842. The molecule has 0 bridgehead atoms. The maximum Gasteiger partial charge on any atom is 0.251 e. The van der Waals surface area contributed by atoms with Gasteiger partial charge in [0.2, 0.25) is 5.95 Å². The van der Waals surface area contributed by atoms with Crippen LogP contribution in [0.2, 0.25) is 0 Å². The van der Waals surface area contributed by atoms with Crippen molar-refractivity contribution >= 4 is 17.7 Å². The second-order valence-electron chi connectivity index (χ2n) is 7.85. The topological polar surface area (TPSA) is 93.9 Å². The van der Waals surface area contributed by atoms with E-state index in [9.17, 15) is 4.79 Å². The number of aromatic nitrogens is 2. The normalized spacial score (nSPS) is 18.6. The van der Waals surface area contributed by atoms with Crippen molar-refractivity contribution < 1.29 is 4.79 Å². The van der Waals surface area contributed by atoms with Crippen molar-refractivity contribution in [2.24, 2.45) is 5.92 Å². The van der Waals surface area contributed by atoms with Crippen LogP contribution in [0.4, 0.5) is 11.8 Å². The Kier molecular flexibility index (Phi) is 6.65. The number of benzene rings is 1. The van der Waals surface area contributed by atoms with Crippen LogP contribution in [0.25, 0.3) is 0 Å². The van der Waals surface area contributed by atoms with Crippen LogP contribution >= 0.6 is 0 Å². The zero-order valence-corrected chi connectivity index (χ0v) is 17.3. The molecule has 0 aliphatic heterocycles. The number of amides is 1. The van der Waals surface area contributed by atoms with Gasteiger partial charge >= 0.3 is 0 Å². The summed E-state index contributed by atoms with van der Waals surface area (Å²) in [6.07, 6.45) is 4.17. The minimum Gasteiger partial charge on any atom is -0.363 e. The van der Waals surface area contributed by atoms with E-state index in [0.717, 1.165) is 37.2 Å². The van der Waals surface area contributed by atoms with Crippen LogP contribution in [0.5, 0.6) is 0 Å². The van der Waals surface area contributed by atoms with Crippen molar-refractivity contribution in [3.63, 3.8) is 0 Å². The van der Waals surface area contributed by atoms with Gasteiger partial charge in [-0.15, -0.1) is 0 Å². The molecule has 1 aromatic heterocycles. The highest BCUT2D eigenvalue weighted by Gasteiger charge is 2.22. The summed E-state index contributed by atoms with van der Waals surface area (Å²) in [5.41, 5.74) is 2.10. The first-order valence-corrected chi connectivity index (χ1v) is 10.0. The van der Waals surface area contributed by atoms with Gasteiger partial charge in [-0.05, 0) is 62.8 Å². The standard InChI is InChI=1S/C22H28N6O/c1-15-12-20(28(2)3)27-22(25-15)26-19-10-6-17(7-11-19)14-24-21(29)18-8-4-16(13-23)5-9-18/h4-5,8-9,12,17,19H,6-7,10-11,14H2,1-3H3,(H,24,29)(H,25,26,27)/t17-,19+. The molecular formula is C22H28N6O. The number of carbonyl (C=O) groups is 1. The van der Waals surface area contributed by atoms with E-state index in [1.54, 1.807) is 24.3 Å². The van der Waals surface area contributed by atoms with E-state index in [4.69, 9.17) is 5.26 Å². The first-order valence-electron chi connectivity index (χ1n) is 10.0. The van der Waals surface area contributed by atoms with Crippen LogP contribution < -0.4 is 15.5 Å². The van der Waals surface area contributed by atoms with Crippen LogP contribution in [0.15, 0.2) is 30.3 Å². The summed E-state index contributed by atoms with van der Waals surface area (Å²) < 4.78 is 0. The Balaban J connectivity index is 1.46. The number of rotatable bonds is 6. The lowest BCUT2D eigenvalue weighted by Crippen LogP contribution is -2.34. The summed E-state index contributed by atoms with van der Waals surface area (Å²) in [6.45, 7) is 2.66. The lowest BCUT2D eigenvalue weighted by molar-refractivity contribution is 0.0943. The van der Waals surface area contributed by atoms with Crippen molar-refractivity contribution in [2.45, 2.75) is 38.6 Å². The third-order valence-corrected chi connectivity index (χ3v) is 5.31. The van der Waals surface area contributed by atoms with Crippen molar-refractivity contribution in [2.75, 3.05) is 30.9 Å². The molecule has 1 heterocycles. The maximum atomic E-state index is 12.3. The molecule has 7 nitrogen and oxygen atoms in total. The Labute approximate surface area is 172 Å². The van der Waals surface area contributed by atoms with Crippen LogP contribution in [-0.4, -0.2) is 42.6 Å². The van der Waals surface area contributed by atoms with Crippen molar-refractivity contribution in [1.82, 2.24) is 15.3 Å². The first kappa shape index (κ1) is 20.6. The maximum absolute atomic E-state index is 12.3. The average molecular weight is 393 g/mol. The zero-order valence-electron chi connectivity index (χ0n) is 17.3. The Morgan fingerprint density at radius 3 is 2.48 bits per heavy atom. The van der Waals surface area contributed by atoms with Gasteiger partial charge in [-0.2, -0.15) is 10.2 Å². The Morgan fingerprint density at radius 2 is 1.86 bits per heavy atom. The largest absolute Gasteiger partial charge is 0.363 e. The molecule has 0 unspecified atom stereocenters. The summed E-state index contributed by atoms with van der Waals surface area (Å²) >= 11 is 0. The van der Waals surface area contributed by atoms with Crippen molar-refractivity contribution in [3.8, 4) is 6.07 Å². The number of nitrogens with zero attached hydrogens (tertiary/aromatic N) is 4. The lowest BCUT2D eigenvalue weighted by atomic mass is 9.86. The Morgan fingerprint density at radius 1 is 1.17 bits per heavy atom.